The molecular weight excluding hydrogens is 473 g/mol. The summed E-state index contributed by atoms with van der Waals surface area (Å²) in [6.45, 7) is 4.30. The first-order chi connectivity index (χ1) is 16.5. The molecule has 1 amide bonds. The minimum absolute atomic E-state index is 0.164. The van der Waals surface area contributed by atoms with Crippen LogP contribution in [0.15, 0.2) is 42.6 Å². The SMILES string of the molecule is O=C(COc1ccc(Cl)cc1Cl)Nc1ccc2nc(N3CCC(N4CCCC4)CC3)ncc2c1. The minimum atomic E-state index is -0.288. The van der Waals surface area contributed by atoms with E-state index in [0.29, 0.717) is 27.5 Å². The summed E-state index contributed by atoms with van der Waals surface area (Å²) in [5, 5.41) is 4.58. The number of fused-ring (bicyclic) bond motifs is 1. The molecule has 7 nitrogen and oxygen atoms in total. The van der Waals surface area contributed by atoms with Crippen LogP contribution in [0.1, 0.15) is 25.7 Å². The topological polar surface area (TPSA) is 70.6 Å². The van der Waals surface area contributed by atoms with Crippen LogP contribution in [0, 0.1) is 0 Å². The Labute approximate surface area is 209 Å². The van der Waals surface area contributed by atoms with E-state index in [1.54, 1.807) is 18.2 Å². The van der Waals surface area contributed by atoms with Gasteiger partial charge in [0.25, 0.3) is 5.91 Å². The van der Waals surface area contributed by atoms with Crippen molar-refractivity contribution in [2.24, 2.45) is 0 Å². The molecule has 178 valence electrons. The van der Waals surface area contributed by atoms with Gasteiger partial charge in [-0.3, -0.25) is 4.79 Å². The Bertz CT molecular complexity index is 1180. The molecule has 0 bridgehead atoms. The maximum atomic E-state index is 12.3. The standard InChI is InChI=1S/C25H27Cl2N5O2/c26-18-3-6-23(21(27)14-18)34-16-24(33)29-19-4-5-22-17(13-19)15-28-25(30-22)32-11-7-20(8-12-32)31-9-1-2-10-31/h3-6,13-15,20H,1-2,7-12,16H2,(H,29,33). The van der Waals surface area contributed by atoms with Crippen molar-refractivity contribution in [2.75, 3.05) is 43.0 Å². The van der Waals surface area contributed by atoms with Crippen LogP contribution in [0.2, 0.25) is 10.0 Å². The molecule has 0 radical (unpaired) electrons. The third kappa shape index (κ3) is 5.37. The second kappa shape index (κ2) is 10.3. The van der Waals surface area contributed by atoms with Gasteiger partial charge in [0.05, 0.1) is 10.5 Å². The summed E-state index contributed by atoms with van der Waals surface area (Å²) in [5.41, 5.74) is 1.51. The summed E-state index contributed by atoms with van der Waals surface area (Å²) in [6.07, 6.45) is 6.82. The number of amides is 1. The second-order valence-electron chi connectivity index (χ2n) is 8.82. The van der Waals surface area contributed by atoms with E-state index in [1.165, 1.54) is 25.9 Å². The first-order valence-corrected chi connectivity index (χ1v) is 12.4. The first-order valence-electron chi connectivity index (χ1n) is 11.7. The third-order valence-electron chi connectivity index (χ3n) is 6.51. The molecule has 3 heterocycles. The second-order valence-corrected chi connectivity index (χ2v) is 9.66. The highest BCUT2D eigenvalue weighted by molar-refractivity contribution is 6.35. The van der Waals surface area contributed by atoms with Crippen molar-refractivity contribution >= 4 is 51.6 Å². The monoisotopic (exact) mass is 499 g/mol. The molecule has 5 rings (SSSR count). The van der Waals surface area contributed by atoms with Crippen LogP contribution in [0.25, 0.3) is 10.9 Å². The lowest BCUT2D eigenvalue weighted by molar-refractivity contribution is -0.118. The van der Waals surface area contributed by atoms with E-state index in [4.69, 9.17) is 32.9 Å². The van der Waals surface area contributed by atoms with Gasteiger partial charge in [-0.15, -0.1) is 0 Å². The zero-order valence-corrected chi connectivity index (χ0v) is 20.4. The molecule has 0 unspecified atom stereocenters. The van der Waals surface area contributed by atoms with E-state index in [2.05, 4.69) is 20.1 Å². The Morgan fingerprint density at radius 3 is 2.62 bits per heavy atom. The van der Waals surface area contributed by atoms with Gasteiger partial charge >= 0.3 is 0 Å². The molecule has 0 saturated carbocycles. The zero-order chi connectivity index (χ0) is 23.5. The summed E-state index contributed by atoms with van der Waals surface area (Å²) < 4.78 is 5.50. The summed E-state index contributed by atoms with van der Waals surface area (Å²) in [5.74, 6) is 0.895. The smallest absolute Gasteiger partial charge is 0.262 e. The number of carbonyl (C=O) groups excluding carboxylic acids is 1. The van der Waals surface area contributed by atoms with E-state index >= 15 is 0 Å². The molecular formula is C25H27Cl2N5O2. The molecule has 0 atom stereocenters. The number of anilines is 2. The average molecular weight is 500 g/mol. The van der Waals surface area contributed by atoms with Crippen LogP contribution in [0.4, 0.5) is 11.6 Å². The van der Waals surface area contributed by atoms with Crippen LogP contribution >= 0.6 is 23.2 Å². The summed E-state index contributed by atoms with van der Waals surface area (Å²) in [4.78, 5) is 26.6. The summed E-state index contributed by atoms with van der Waals surface area (Å²) >= 11 is 12.0. The number of rotatable bonds is 6. The van der Waals surface area contributed by atoms with Crippen LogP contribution in [-0.4, -0.2) is 59.6 Å². The lowest BCUT2D eigenvalue weighted by Gasteiger charge is -2.36. The number of halogens is 2. The largest absolute Gasteiger partial charge is 0.482 e. The fourth-order valence-electron chi connectivity index (χ4n) is 4.72. The number of ether oxygens (including phenoxy) is 1. The van der Waals surface area contributed by atoms with Crippen LogP contribution < -0.4 is 15.0 Å². The Morgan fingerprint density at radius 2 is 1.85 bits per heavy atom. The van der Waals surface area contributed by atoms with Crippen molar-refractivity contribution in [3.05, 3.63) is 52.6 Å². The number of hydrogen-bond acceptors (Lipinski definition) is 6. The van der Waals surface area contributed by atoms with Crippen LogP contribution in [-0.2, 0) is 4.79 Å². The number of benzene rings is 2. The Hall–Kier alpha value is -2.61. The quantitative estimate of drug-likeness (QED) is 0.513. The van der Waals surface area contributed by atoms with Gasteiger partial charge in [0.2, 0.25) is 5.95 Å². The molecule has 2 saturated heterocycles. The highest BCUT2D eigenvalue weighted by atomic mass is 35.5. The van der Waals surface area contributed by atoms with Crippen LogP contribution in [0.5, 0.6) is 5.75 Å². The maximum absolute atomic E-state index is 12.3. The van der Waals surface area contributed by atoms with Gasteiger partial charge in [0, 0.05) is 41.4 Å². The lowest BCUT2D eigenvalue weighted by Crippen LogP contribution is -2.44. The predicted molar refractivity (Wildman–Crippen MR) is 136 cm³/mol. The van der Waals surface area contributed by atoms with Gasteiger partial charge in [-0.2, -0.15) is 0 Å². The molecule has 1 N–H and O–H groups in total. The van der Waals surface area contributed by atoms with E-state index < -0.39 is 0 Å². The highest BCUT2D eigenvalue weighted by Crippen LogP contribution is 2.28. The Balaban J connectivity index is 1.18. The summed E-state index contributed by atoms with van der Waals surface area (Å²) in [6, 6.07) is 11.2. The van der Waals surface area contributed by atoms with E-state index in [1.807, 2.05) is 24.4 Å². The number of nitrogens with one attached hydrogen (secondary N) is 1. The third-order valence-corrected chi connectivity index (χ3v) is 7.04. The molecule has 2 aliphatic rings. The Kier molecular flexibility index (Phi) is 7.04. The van der Waals surface area contributed by atoms with E-state index in [-0.39, 0.29) is 12.5 Å². The van der Waals surface area contributed by atoms with Crippen molar-refractivity contribution in [1.29, 1.82) is 0 Å². The van der Waals surface area contributed by atoms with Gasteiger partial charge in [0.1, 0.15) is 5.75 Å². The van der Waals surface area contributed by atoms with Gasteiger partial charge < -0.3 is 19.9 Å². The zero-order valence-electron chi connectivity index (χ0n) is 18.8. The molecule has 2 aliphatic heterocycles. The molecule has 2 aromatic carbocycles. The number of piperidine rings is 1. The van der Waals surface area contributed by atoms with Crippen molar-refractivity contribution in [3.63, 3.8) is 0 Å². The molecule has 1 aromatic heterocycles. The molecule has 3 aromatic rings. The van der Waals surface area contributed by atoms with Gasteiger partial charge in [-0.1, -0.05) is 23.2 Å². The lowest BCUT2D eigenvalue weighted by atomic mass is 10.0. The van der Waals surface area contributed by atoms with E-state index in [9.17, 15) is 4.79 Å². The van der Waals surface area contributed by atoms with Crippen molar-refractivity contribution in [3.8, 4) is 5.75 Å². The number of aromatic nitrogens is 2. The maximum Gasteiger partial charge on any atom is 0.262 e. The van der Waals surface area contributed by atoms with Gasteiger partial charge in [-0.05, 0) is 75.2 Å². The number of likely N-dealkylation sites (tertiary alicyclic amines) is 1. The van der Waals surface area contributed by atoms with Crippen molar-refractivity contribution in [1.82, 2.24) is 14.9 Å². The number of hydrogen-bond donors (Lipinski definition) is 1. The highest BCUT2D eigenvalue weighted by Gasteiger charge is 2.27. The Morgan fingerprint density at radius 1 is 1.06 bits per heavy atom. The molecule has 0 spiro atoms. The summed E-state index contributed by atoms with van der Waals surface area (Å²) in [7, 11) is 0. The predicted octanol–water partition coefficient (Wildman–Crippen LogP) is 5.02. The number of nitrogens with zero attached hydrogens (tertiary/aromatic N) is 4. The minimum Gasteiger partial charge on any atom is -0.482 e. The van der Waals surface area contributed by atoms with Gasteiger partial charge in [0.15, 0.2) is 6.61 Å². The fourth-order valence-corrected chi connectivity index (χ4v) is 5.19. The number of carbonyl (C=O) groups is 1. The normalized spacial score (nSPS) is 17.3. The van der Waals surface area contributed by atoms with Gasteiger partial charge in [-0.25, -0.2) is 9.97 Å². The first kappa shape index (κ1) is 23.1. The average Bonchev–Trinajstić information content (AvgIpc) is 3.38. The van der Waals surface area contributed by atoms with Crippen molar-refractivity contribution in [2.45, 2.75) is 31.7 Å². The fraction of sp³-hybridized carbons (Fsp3) is 0.400. The molecule has 0 aliphatic carbocycles. The van der Waals surface area contributed by atoms with Crippen molar-refractivity contribution < 1.29 is 9.53 Å². The molecule has 9 heteroatoms. The molecule has 2 fully saturated rings. The molecule has 34 heavy (non-hydrogen) atoms. The van der Waals surface area contributed by atoms with E-state index in [0.717, 1.165) is 42.8 Å². The van der Waals surface area contributed by atoms with Crippen LogP contribution in [0.3, 0.4) is 0 Å².